The van der Waals surface area contributed by atoms with Crippen molar-refractivity contribution >= 4 is 12.6 Å². The van der Waals surface area contributed by atoms with Gasteiger partial charge in [0.2, 0.25) is 0 Å². The minimum Gasteiger partial charge on any atom is -0.759 e. The van der Waals surface area contributed by atoms with Gasteiger partial charge in [-0.15, -0.1) is 0 Å². The second kappa shape index (κ2) is 5.69. The summed E-state index contributed by atoms with van der Waals surface area (Å²) in [5.41, 5.74) is -0.986. The van der Waals surface area contributed by atoms with Gasteiger partial charge in [-0.1, -0.05) is 0 Å². The van der Waals surface area contributed by atoms with Crippen molar-refractivity contribution in [2.75, 3.05) is 6.61 Å². The Balaban J connectivity index is 0.00000144. The summed E-state index contributed by atoms with van der Waals surface area (Å²) in [6, 6.07) is 0. The number of aliphatic hydroxyl groups excluding tert-OH is 4. The van der Waals surface area contributed by atoms with Gasteiger partial charge >= 0.3 is 22.4 Å². The van der Waals surface area contributed by atoms with Gasteiger partial charge in [0.25, 0.3) is 0 Å². The number of rotatable bonds is 1. The Morgan fingerprint density at radius 2 is 1.62 bits per heavy atom. The molecule has 0 saturated carbocycles. The normalized spacial score (nSPS) is 45.5. The molecule has 1 rings (SSSR count). The summed E-state index contributed by atoms with van der Waals surface area (Å²) >= 11 is 4.63. The third-order valence-electron chi connectivity index (χ3n) is 1.85. The van der Waals surface area contributed by atoms with Gasteiger partial charge in [-0.05, 0) is 5.44 Å². The SMILES string of the molecule is OCC1O[C@@H]([S-])C(O)[C@@H](O)[C@@H]1O.[Au+]. The number of ether oxygens (including phenoxy) is 1. The minimum atomic E-state index is -1.35. The first-order chi connectivity index (χ1) is 5.57. The van der Waals surface area contributed by atoms with E-state index in [9.17, 15) is 5.11 Å². The smallest absolute Gasteiger partial charge is 0.759 e. The first-order valence-corrected chi connectivity index (χ1v) is 4.01. The zero-order valence-electron chi connectivity index (χ0n) is 6.50. The quantitative estimate of drug-likeness (QED) is 0.288. The van der Waals surface area contributed by atoms with E-state index in [2.05, 4.69) is 12.6 Å². The first kappa shape index (κ1) is 13.9. The van der Waals surface area contributed by atoms with Crippen LogP contribution in [0.25, 0.3) is 0 Å². The van der Waals surface area contributed by atoms with Crippen LogP contribution in [0.1, 0.15) is 0 Å². The number of hydrogen-bond donors (Lipinski definition) is 4. The Morgan fingerprint density at radius 3 is 2.08 bits per heavy atom. The largest absolute Gasteiger partial charge is 1.00 e. The summed E-state index contributed by atoms with van der Waals surface area (Å²) < 4.78 is 4.84. The van der Waals surface area contributed by atoms with Crippen molar-refractivity contribution in [2.45, 2.75) is 29.9 Å². The molecule has 0 aromatic carbocycles. The zero-order chi connectivity index (χ0) is 9.30. The van der Waals surface area contributed by atoms with Crippen molar-refractivity contribution in [3.8, 4) is 0 Å². The van der Waals surface area contributed by atoms with Crippen molar-refractivity contribution < 1.29 is 47.5 Å². The van der Waals surface area contributed by atoms with Gasteiger partial charge in [0.05, 0.1) is 12.7 Å². The molecular formula is C6H11AuO5S. The number of aliphatic hydroxyl groups is 4. The molecule has 0 aromatic heterocycles. The van der Waals surface area contributed by atoms with Crippen LogP contribution in [-0.2, 0) is 39.7 Å². The molecule has 1 aliphatic heterocycles. The average molecular weight is 392 g/mol. The second-order valence-corrected chi connectivity index (χ2v) is 3.16. The van der Waals surface area contributed by atoms with E-state index in [1.165, 1.54) is 0 Å². The van der Waals surface area contributed by atoms with Gasteiger partial charge in [0, 0.05) is 0 Å². The monoisotopic (exact) mass is 392 g/mol. The summed E-state index contributed by atoms with van der Waals surface area (Å²) in [5.74, 6) is 0. The fourth-order valence-electron chi connectivity index (χ4n) is 1.07. The van der Waals surface area contributed by atoms with E-state index < -0.39 is 36.5 Å². The standard InChI is InChI=1S/C6H12O5S.Au/c7-1-2-3(8)4(9)5(10)6(12)11-2;/h2-10,12H,1H2;/q;+1/p-1/t2?,3-,4+,5?,6+;/m1./s1. The van der Waals surface area contributed by atoms with Crippen molar-refractivity contribution in [2.24, 2.45) is 0 Å². The summed E-state index contributed by atoms with van der Waals surface area (Å²) in [5, 5.41) is 36.1. The molecule has 0 amide bonds. The molecule has 0 aromatic rings. The molecule has 5 atom stereocenters. The Hall–Kier alpha value is 0.890. The fraction of sp³-hybridized carbons (Fsp3) is 1.00. The van der Waals surface area contributed by atoms with E-state index in [1.807, 2.05) is 0 Å². The maximum Gasteiger partial charge on any atom is 1.00 e. The third kappa shape index (κ3) is 2.92. The van der Waals surface area contributed by atoms with Crippen LogP contribution >= 0.6 is 0 Å². The molecule has 1 fully saturated rings. The molecular weight excluding hydrogens is 381 g/mol. The zero-order valence-corrected chi connectivity index (χ0v) is 9.48. The predicted molar refractivity (Wildman–Crippen MR) is 41.1 cm³/mol. The van der Waals surface area contributed by atoms with Gasteiger partial charge in [0.1, 0.15) is 18.3 Å². The van der Waals surface area contributed by atoms with E-state index in [1.54, 1.807) is 0 Å². The van der Waals surface area contributed by atoms with E-state index in [0.717, 1.165) is 0 Å². The van der Waals surface area contributed by atoms with Gasteiger partial charge in [-0.3, -0.25) is 0 Å². The first-order valence-electron chi connectivity index (χ1n) is 3.54. The minimum absolute atomic E-state index is 0. The summed E-state index contributed by atoms with van der Waals surface area (Å²) in [4.78, 5) is 0. The average Bonchev–Trinajstić information content (AvgIpc) is 2.08. The van der Waals surface area contributed by atoms with Crippen LogP contribution in [0.3, 0.4) is 0 Å². The van der Waals surface area contributed by atoms with Crippen LogP contribution in [-0.4, -0.2) is 56.9 Å². The molecule has 1 aliphatic rings. The molecule has 13 heavy (non-hydrogen) atoms. The summed E-state index contributed by atoms with van der Waals surface area (Å²) in [6.45, 7) is -0.432. The molecule has 0 radical (unpaired) electrons. The Bertz CT molecular complexity index is 155. The van der Waals surface area contributed by atoms with E-state index in [0.29, 0.717) is 0 Å². The van der Waals surface area contributed by atoms with Crippen LogP contribution in [0.4, 0.5) is 0 Å². The van der Waals surface area contributed by atoms with Crippen LogP contribution in [0.5, 0.6) is 0 Å². The van der Waals surface area contributed by atoms with Crippen LogP contribution in [0.2, 0.25) is 0 Å². The molecule has 2 unspecified atom stereocenters. The van der Waals surface area contributed by atoms with Crippen LogP contribution in [0, 0.1) is 0 Å². The topological polar surface area (TPSA) is 90.2 Å². The Kier molecular flexibility index (Phi) is 6.08. The van der Waals surface area contributed by atoms with Gasteiger partial charge < -0.3 is 37.8 Å². The molecule has 7 heteroatoms. The number of hydrogen-bond acceptors (Lipinski definition) is 6. The van der Waals surface area contributed by atoms with E-state index >= 15 is 0 Å². The van der Waals surface area contributed by atoms with Gasteiger partial charge in [-0.2, -0.15) is 0 Å². The van der Waals surface area contributed by atoms with E-state index in [-0.39, 0.29) is 22.4 Å². The molecule has 5 nitrogen and oxygen atoms in total. The molecule has 4 N–H and O–H groups in total. The van der Waals surface area contributed by atoms with Crippen molar-refractivity contribution in [1.82, 2.24) is 0 Å². The third-order valence-corrected chi connectivity index (χ3v) is 2.24. The molecule has 0 spiro atoms. The molecule has 0 aliphatic carbocycles. The molecule has 0 bridgehead atoms. The molecule has 82 valence electrons. The van der Waals surface area contributed by atoms with Gasteiger partial charge in [-0.25, -0.2) is 0 Å². The summed E-state index contributed by atoms with van der Waals surface area (Å²) in [6.07, 6.45) is -4.83. The van der Waals surface area contributed by atoms with Gasteiger partial charge in [0.15, 0.2) is 0 Å². The second-order valence-electron chi connectivity index (χ2n) is 2.70. The van der Waals surface area contributed by atoms with Crippen LogP contribution < -0.4 is 0 Å². The Labute approximate surface area is 96.6 Å². The Morgan fingerprint density at radius 1 is 1.08 bits per heavy atom. The van der Waals surface area contributed by atoms with Crippen molar-refractivity contribution in [3.05, 3.63) is 0 Å². The van der Waals surface area contributed by atoms with Crippen LogP contribution in [0.15, 0.2) is 0 Å². The van der Waals surface area contributed by atoms with E-state index in [4.69, 9.17) is 20.1 Å². The fourth-order valence-corrected chi connectivity index (χ4v) is 1.37. The maximum absolute atomic E-state index is 9.18. The van der Waals surface area contributed by atoms with Crippen molar-refractivity contribution in [1.29, 1.82) is 0 Å². The van der Waals surface area contributed by atoms with Crippen molar-refractivity contribution in [3.63, 3.8) is 0 Å². The molecule has 1 heterocycles. The molecule has 1 saturated heterocycles. The predicted octanol–water partition coefficient (Wildman–Crippen LogP) is -2.67. The maximum atomic E-state index is 9.18. The summed E-state index contributed by atoms with van der Waals surface area (Å²) in [7, 11) is 0.